The molecule has 2 heterocycles. The Labute approximate surface area is 147 Å². The number of aromatic nitrogens is 2. The lowest BCUT2D eigenvalue weighted by Gasteiger charge is -2.31. The van der Waals surface area contributed by atoms with Gasteiger partial charge in [0.2, 0.25) is 11.8 Å². The number of amides is 2. The van der Waals surface area contributed by atoms with Crippen LogP contribution in [0.1, 0.15) is 37.2 Å². The molecule has 1 N–H and O–H groups in total. The number of likely N-dealkylation sites (tertiary alicyclic amines) is 1. The number of hydrogen-bond acceptors (Lipinski definition) is 3. The highest BCUT2D eigenvalue weighted by atomic mass is 16.2. The molecule has 1 aliphatic rings. The normalized spacial score (nSPS) is 16.5. The number of nitrogens with zero attached hydrogens (tertiary/aromatic N) is 3. The predicted molar refractivity (Wildman–Crippen MR) is 94.6 cm³/mol. The van der Waals surface area contributed by atoms with Crippen LogP contribution >= 0.6 is 0 Å². The second kappa shape index (κ2) is 7.51. The Morgan fingerprint density at radius 3 is 2.44 bits per heavy atom. The van der Waals surface area contributed by atoms with Gasteiger partial charge in [-0.2, -0.15) is 0 Å². The summed E-state index contributed by atoms with van der Waals surface area (Å²) >= 11 is 0. The lowest BCUT2D eigenvalue weighted by molar-refractivity contribution is -0.134. The molecule has 132 valence electrons. The van der Waals surface area contributed by atoms with Gasteiger partial charge in [-0.05, 0) is 18.4 Å². The molecular formula is C19H24N4O2. The van der Waals surface area contributed by atoms with Crippen molar-refractivity contribution in [2.45, 2.75) is 25.8 Å². The first-order valence-corrected chi connectivity index (χ1v) is 8.64. The molecular weight excluding hydrogens is 316 g/mol. The number of hydrogen-bond donors (Lipinski definition) is 1. The smallest absolute Gasteiger partial charge is 0.224 e. The van der Waals surface area contributed by atoms with E-state index in [9.17, 15) is 9.59 Å². The molecule has 1 fully saturated rings. The standard InChI is InChI=1S/C19H24N4O2/c1-14(24)23-11-8-16(9-12-23)19(25)21-17(15-6-4-3-5-7-15)18-20-10-13-22(18)2/h3-7,10,13,16-17H,8-9,11-12H2,1-2H3,(H,21,25). The zero-order valence-corrected chi connectivity index (χ0v) is 14.7. The second-order valence-corrected chi connectivity index (χ2v) is 6.53. The van der Waals surface area contributed by atoms with Crippen molar-refractivity contribution in [3.63, 3.8) is 0 Å². The minimum atomic E-state index is -0.278. The highest BCUT2D eigenvalue weighted by Gasteiger charge is 2.29. The molecule has 1 unspecified atom stereocenters. The number of imidazole rings is 1. The monoisotopic (exact) mass is 340 g/mol. The van der Waals surface area contributed by atoms with Gasteiger partial charge in [-0.3, -0.25) is 9.59 Å². The molecule has 0 spiro atoms. The van der Waals surface area contributed by atoms with E-state index >= 15 is 0 Å². The van der Waals surface area contributed by atoms with Crippen molar-refractivity contribution >= 4 is 11.8 Å². The largest absolute Gasteiger partial charge is 0.343 e. The molecule has 0 bridgehead atoms. The van der Waals surface area contributed by atoms with Crippen LogP contribution in [0.3, 0.4) is 0 Å². The first-order chi connectivity index (χ1) is 12.1. The van der Waals surface area contributed by atoms with Crippen molar-refractivity contribution < 1.29 is 9.59 Å². The van der Waals surface area contributed by atoms with Crippen LogP contribution in [-0.4, -0.2) is 39.4 Å². The van der Waals surface area contributed by atoms with Gasteiger partial charge < -0.3 is 14.8 Å². The minimum absolute atomic E-state index is 0.0278. The van der Waals surface area contributed by atoms with Crippen LogP contribution in [0.15, 0.2) is 42.7 Å². The van der Waals surface area contributed by atoms with Gasteiger partial charge in [-0.25, -0.2) is 4.98 Å². The summed E-state index contributed by atoms with van der Waals surface area (Å²) in [6, 6.07) is 9.60. The summed E-state index contributed by atoms with van der Waals surface area (Å²) in [6.45, 7) is 2.87. The van der Waals surface area contributed by atoms with Gasteiger partial charge in [0.15, 0.2) is 0 Å². The second-order valence-electron chi connectivity index (χ2n) is 6.53. The summed E-state index contributed by atoms with van der Waals surface area (Å²) in [5.74, 6) is 0.844. The van der Waals surface area contributed by atoms with Gasteiger partial charge in [-0.1, -0.05) is 30.3 Å². The van der Waals surface area contributed by atoms with Gasteiger partial charge in [-0.15, -0.1) is 0 Å². The Balaban J connectivity index is 1.74. The Kier molecular flexibility index (Phi) is 5.16. The molecule has 25 heavy (non-hydrogen) atoms. The Morgan fingerprint density at radius 2 is 1.88 bits per heavy atom. The maximum absolute atomic E-state index is 12.8. The average molecular weight is 340 g/mol. The van der Waals surface area contributed by atoms with E-state index < -0.39 is 0 Å². The van der Waals surface area contributed by atoms with E-state index in [0.29, 0.717) is 25.9 Å². The van der Waals surface area contributed by atoms with E-state index in [2.05, 4.69) is 10.3 Å². The molecule has 1 aliphatic heterocycles. The summed E-state index contributed by atoms with van der Waals surface area (Å²) in [7, 11) is 1.93. The number of nitrogens with one attached hydrogen (secondary N) is 1. The lowest BCUT2D eigenvalue weighted by atomic mass is 9.95. The summed E-state index contributed by atoms with van der Waals surface area (Å²) in [6.07, 6.45) is 5.02. The summed E-state index contributed by atoms with van der Waals surface area (Å²) in [4.78, 5) is 30.5. The molecule has 2 amide bonds. The van der Waals surface area contributed by atoms with Crippen LogP contribution in [0, 0.1) is 5.92 Å². The molecule has 1 aromatic carbocycles. The van der Waals surface area contributed by atoms with Gasteiger partial charge in [0.1, 0.15) is 11.9 Å². The molecule has 0 radical (unpaired) electrons. The van der Waals surface area contributed by atoms with Crippen molar-refractivity contribution in [1.29, 1.82) is 0 Å². The van der Waals surface area contributed by atoms with Crippen LogP contribution in [0.25, 0.3) is 0 Å². The summed E-state index contributed by atoms with van der Waals surface area (Å²) in [5.41, 5.74) is 1.01. The third kappa shape index (κ3) is 3.90. The SMILES string of the molecule is CC(=O)N1CCC(C(=O)NC(c2ccccc2)c2nccn2C)CC1. The highest BCUT2D eigenvalue weighted by molar-refractivity contribution is 5.80. The van der Waals surface area contributed by atoms with Crippen LogP contribution in [0.5, 0.6) is 0 Å². The van der Waals surface area contributed by atoms with Gasteiger partial charge >= 0.3 is 0 Å². The maximum atomic E-state index is 12.8. The van der Waals surface area contributed by atoms with Crippen molar-refractivity contribution in [2.24, 2.45) is 13.0 Å². The van der Waals surface area contributed by atoms with Crippen LogP contribution in [-0.2, 0) is 16.6 Å². The number of aryl methyl sites for hydroxylation is 1. The average Bonchev–Trinajstić information content (AvgIpc) is 3.06. The fourth-order valence-corrected chi connectivity index (χ4v) is 3.31. The molecule has 1 saturated heterocycles. The summed E-state index contributed by atoms with van der Waals surface area (Å²) in [5, 5.41) is 3.16. The Hall–Kier alpha value is -2.63. The topological polar surface area (TPSA) is 67.2 Å². The van der Waals surface area contributed by atoms with Crippen molar-refractivity contribution in [3.8, 4) is 0 Å². The van der Waals surface area contributed by atoms with E-state index in [0.717, 1.165) is 11.4 Å². The van der Waals surface area contributed by atoms with Gasteiger partial charge in [0.05, 0.1) is 0 Å². The van der Waals surface area contributed by atoms with Gasteiger partial charge in [0, 0.05) is 45.4 Å². The molecule has 1 aromatic heterocycles. The number of rotatable bonds is 4. The van der Waals surface area contributed by atoms with Crippen molar-refractivity contribution in [2.75, 3.05) is 13.1 Å². The lowest BCUT2D eigenvalue weighted by Crippen LogP contribution is -2.43. The number of carbonyl (C=O) groups is 2. The molecule has 0 aliphatic carbocycles. The maximum Gasteiger partial charge on any atom is 0.224 e. The molecule has 0 saturated carbocycles. The predicted octanol–water partition coefficient (Wildman–Crippen LogP) is 1.88. The van der Waals surface area contributed by atoms with E-state index in [1.807, 2.05) is 48.1 Å². The van der Waals surface area contributed by atoms with Crippen LogP contribution < -0.4 is 5.32 Å². The first-order valence-electron chi connectivity index (χ1n) is 8.64. The zero-order valence-electron chi connectivity index (χ0n) is 14.7. The number of piperidine rings is 1. The third-order valence-electron chi connectivity index (χ3n) is 4.85. The van der Waals surface area contributed by atoms with Gasteiger partial charge in [0.25, 0.3) is 0 Å². The number of carbonyl (C=O) groups excluding carboxylic acids is 2. The van der Waals surface area contributed by atoms with E-state index in [-0.39, 0.29) is 23.8 Å². The Bertz CT molecular complexity index is 733. The molecule has 2 aromatic rings. The fourth-order valence-electron chi connectivity index (χ4n) is 3.31. The number of benzene rings is 1. The van der Waals surface area contributed by atoms with Crippen LogP contribution in [0.2, 0.25) is 0 Å². The molecule has 3 rings (SSSR count). The quantitative estimate of drug-likeness (QED) is 0.924. The molecule has 6 nitrogen and oxygen atoms in total. The van der Waals surface area contributed by atoms with Crippen LogP contribution in [0.4, 0.5) is 0 Å². The summed E-state index contributed by atoms with van der Waals surface area (Å²) < 4.78 is 1.93. The third-order valence-corrected chi connectivity index (χ3v) is 4.85. The minimum Gasteiger partial charge on any atom is -0.343 e. The fraction of sp³-hybridized carbons (Fsp3) is 0.421. The molecule has 1 atom stereocenters. The molecule has 6 heteroatoms. The van der Waals surface area contributed by atoms with E-state index in [4.69, 9.17) is 0 Å². The highest BCUT2D eigenvalue weighted by Crippen LogP contribution is 2.23. The van der Waals surface area contributed by atoms with Crippen molar-refractivity contribution in [3.05, 3.63) is 54.1 Å². The van der Waals surface area contributed by atoms with Crippen molar-refractivity contribution in [1.82, 2.24) is 19.8 Å². The first kappa shape index (κ1) is 17.2. The zero-order chi connectivity index (χ0) is 17.8. The van der Waals surface area contributed by atoms with E-state index in [1.165, 1.54) is 0 Å². The Morgan fingerprint density at radius 1 is 1.20 bits per heavy atom. The van der Waals surface area contributed by atoms with E-state index in [1.54, 1.807) is 18.0 Å².